The number of carbonyl (C=O) groups excluding carboxylic acids is 1. The first-order chi connectivity index (χ1) is 11.6. The Morgan fingerprint density at radius 1 is 1.00 bits per heavy atom. The van der Waals surface area contributed by atoms with Gasteiger partial charge in [0.1, 0.15) is 0 Å². The van der Waals surface area contributed by atoms with E-state index >= 15 is 0 Å². The summed E-state index contributed by atoms with van der Waals surface area (Å²) in [5.74, 6) is 0.491. The first-order valence-electron chi connectivity index (χ1n) is 7.23. The minimum absolute atomic E-state index is 0.186. The molecule has 2 aromatic rings. The Morgan fingerprint density at radius 3 is 2.21 bits per heavy atom. The van der Waals surface area contributed by atoms with Crippen molar-refractivity contribution in [2.75, 3.05) is 28.4 Å². The summed E-state index contributed by atoms with van der Waals surface area (Å²) in [6.07, 6.45) is 0. The highest BCUT2D eigenvalue weighted by atomic mass is 16.5. The number of rotatable bonds is 6. The summed E-state index contributed by atoms with van der Waals surface area (Å²) < 4.78 is 21.1. The van der Waals surface area contributed by atoms with Crippen molar-refractivity contribution in [3.63, 3.8) is 0 Å². The van der Waals surface area contributed by atoms with Gasteiger partial charge in [-0.15, -0.1) is 0 Å². The third kappa shape index (κ3) is 3.00. The van der Waals surface area contributed by atoms with E-state index in [9.17, 15) is 9.90 Å². The lowest BCUT2D eigenvalue weighted by molar-refractivity contribution is 0.0600. The minimum Gasteiger partial charge on any atom is -0.493 e. The van der Waals surface area contributed by atoms with Gasteiger partial charge >= 0.3 is 5.97 Å². The lowest BCUT2D eigenvalue weighted by Crippen LogP contribution is -2.08. The summed E-state index contributed by atoms with van der Waals surface area (Å²) in [6, 6.07) is 8.72. The monoisotopic (exact) mass is 332 g/mol. The van der Waals surface area contributed by atoms with Crippen molar-refractivity contribution in [1.82, 2.24) is 0 Å². The molecule has 0 radical (unpaired) electrons. The number of hydrogen-bond acceptors (Lipinski definition) is 6. The zero-order valence-corrected chi connectivity index (χ0v) is 14.1. The molecule has 0 atom stereocenters. The molecule has 6 heteroatoms. The quantitative estimate of drug-likeness (QED) is 0.820. The van der Waals surface area contributed by atoms with E-state index in [1.165, 1.54) is 34.5 Å². The van der Waals surface area contributed by atoms with Crippen LogP contribution in [-0.2, 0) is 11.3 Å². The second kappa shape index (κ2) is 7.70. The van der Waals surface area contributed by atoms with Crippen LogP contribution in [0.15, 0.2) is 30.3 Å². The highest BCUT2D eigenvalue weighted by molar-refractivity contribution is 6.01. The molecule has 0 spiro atoms. The van der Waals surface area contributed by atoms with E-state index < -0.39 is 5.97 Å². The average molecular weight is 332 g/mol. The van der Waals surface area contributed by atoms with Crippen LogP contribution in [0, 0.1) is 0 Å². The smallest absolute Gasteiger partial charge is 0.338 e. The summed E-state index contributed by atoms with van der Waals surface area (Å²) in [7, 11) is 5.73. The van der Waals surface area contributed by atoms with Crippen LogP contribution < -0.4 is 14.2 Å². The van der Waals surface area contributed by atoms with Gasteiger partial charge in [0.25, 0.3) is 0 Å². The van der Waals surface area contributed by atoms with Crippen LogP contribution in [0.4, 0.5) is 0 Å². The molecule has 2 aromatic carbocycles. The van der Waals surface area contributed by atoms with E-state index in [1.807, 2.05) is 6.07 Å². The normalized spacial score (nSPS) is 10.2. The highest BCUT2D eigenvalue weighted by Crippen LogP contribution is 2.47. The van der Waals surface area contributed by atoms with Crippen molar-refractivity contribution in [2.24, 2.45) is 0 Å². The number of hydrogen-bond donors (Lipinski definition) is 1. The fourth-order valence-electron chi connectivity index (χ4n) is 2.60. The molecule has 0 saturated carbocycles. The zero-order valence-electron chi connectivity index (χ0n) is 14.1. The molecule has 2 rings (SSSR count). The fourth-order valence-corrected chi connectivity index (χ4v) is 2.60. The molecular formula is C18H20O6. The van der Waals surface area contributed by atoms with Crippen LogP contribution in [0.3, 0.4) is 0 Å². The van der Waals surface area contributed by atoms with Crippen molar-refractivity contribution in [3.8, 4) is 28.4 Å². The first kappa shape index (κ1) is 17.6. The Morgan fingerprint density at radius 2 is 1.67 bits per heavy atom. The summed E-state index contributed by atoms with van der Waals surface area (Å²) in [4.78, 5) is 12.3. The molecule has 0 aliphatic carbocycles. The lowest BCUT2D eigenvalue weighted by atomic mass is 9.93. The van der Waals surface area contributed by atoms with Gasteiger partial charge in [-0.3, -0.25) is 0 Å². The van der Waals surface area contributed by atoms with Crippen molar-refractivity contribution in [1.29, 1.82) is 0 Å². The molecule has 128 valence electrons. The van der Waals surface area contributed by atoms with Crippen molar-refractivity contribution in [3.05, 3.63) is 41.5 Å². The van der Waals surface area contributed by atoms with E-state index in [-0.39, 0.29) is 12.2 Å². The average Bonchev–Trinajstić information content (AvgIpc) is 2.65. The maximum absolute atomic E-state index is 12.3. The van der Waals surface area contributed by atoms with Gasteiger partial charge in [0.15, 0.2) is 11.5 Å². The maximum atomic E-state index is 12.3. The fraction of sp³-hybridized carbons (Fsp3) is 0.278. The molecule has 0 aliphatic heterocycles. The van der Waals surface area contributed by atoms with Gasteiger partial charge in [0, 0.05) is 5.56 Å². The summed E-state index contributed by atoms with van der Waals surface area (Å²) in [6.45, 7) is -0.186. The molecule has 0 amide bonds. The third-order valence-electron chi connectivity index (χ3n) is 3.69. The van der Waals surface area contributed by atoms with E-state index in [4.69, 9.17) is 18.9 Å². The van der Waals surface area contributed by atoms with Crippen LogP contribution in [-0.4, -0.2) is 39.5 Å². The summed E-state index contributed by atoms with van der Waals surface area (Å²) in [5.41, 5.74) is 2.03. The van der Waals surface area contributed by atoms with Gasteiger partial charge in [-0.1, -0.05) is 24.3 Å². The molecule has 0 fully saturated rings. The van der Waals surface area contributed by atoms with Crippen LogP contribution >= 0.6 is 0 Å². The predicted octanol–water partition coefficient (Wildman–Crippen LogP) is 2.66. The van der Waals surface area contributed by atoms with E-state index in [1.54, 1.807) is 18.2 Å². The molecule has 1 N–H and O–H groups in total. The number of benzene rings is 2. The number of ether oxygens (including phenoxy) is 4. The van der Waals surface area contributed by atoms with Crippen molar-refractivity contribution in [2.45, 2.75) is 6.61 Å². The standard InChI is InChI=1S/C18H20O6/c1-21-14-9-13(18(20)24-4)15(17(23-3)16(14)22-2)12-8-6-5-7-11(12)10-19/h5-9,19H,10H2,1-4H3. The molecule has 6 nitrogen and oxygen atoms in total. The Labute approximate surface area is 140 Å². The Hall–Kier alpha value is -2.73. The minimum atomic E-state index is -0.544. The van der Waals surface area contributed by atoms with E-state index in [0.717, 1.165) is 0 Å². The zero-order chi connectivity index (χ0) is 17.7. The molecular weight excluding hydrogens is 312 g/mol. The molecule has 0 aliphatic rings. The second-order valence-electron chi connectivity index (χ2n) is 4.87. The van der Waals surface area contributed by atoms with Crippen LogP contribution in [0.25, 0.3) is 11.1 Å². The van der Waals surface area contributed by atoms with Crippen LogP contribution in [0.2, 0.25) is 0 Å². The molecule has 0 saturated heterocycles. The topological polar surface area (TPSA) is 74.2 Å². The predicted molar refractivity (Wildman–Crippen MR) is 88.8 cm³/mol. The molecule has 0 aromatic heterocycles. The van der Waals surface area contributed by atoms with Gasteiger partial charge in [-0.05, 0) is 17.2 Å². The van der Waals surface area contributed by atoms with Gasteiger partial charge < -0.3 is 24.1 Å². The lowest BCUT2D eigenvalue weighted by Gasteiger charge is -2.20. The van der Waals surface area contributed by atoms with E-state index in [0.29, 0.717) is 33.9 Å². The largest absolute Gasteiger partial charge is 0.493 e. The molecule has 24 heavy (non-hydrogen) atoms. The van der Waals surface area contributed by atoms with Crippen LogP contribution in [0.5, 0.6) is 17.2 Å². The number of carbonyl (C=O) groups is 1. The Bertz CT molecular complexity index is 739. The van der Waals surface area contributed by atoms with Crippen molar-refractivity contribution < 1.29 is 28.8 Å². The second-order valence-corrected chi connectivity index (χ2v) is 4.87. The van der Waals surface area contributed by atoms with Crippen LogP contribution in [0.1, 0.15) is 15.9 Å². The summed E-state index contributed by atoms with van der Waals surface area (Å²) in [5, 5.41) is 9.64. The number of aliphatic hydroxyl groups is 1. The Kier molecular flexibility index (Phi) is 5.65. The first-order valence-corrected chi connectivity index (χ1v) is 7.23. The molecule has 0 unspecified atom stereocenters. The van der Waals surface area contributed by atoms with Gasteiger partial charge in [0.05, 0.1) is 40.6 Å². The number of aliphatic hydroxyl groups excluding tert-OH is 1. The van der Waals surface area contributed by atoms with E-state index in [2.05, 4.69) is 0 Å². The Balaban J connectivity index is 2.92. The maximum Gasteiger partial charge on any atom is 0.338 e. The molecule has 0 heterocycles. The summed E-state index contributed by atoms with van der Waals surface area (Å²) >= 11 is 0. The number of methoxy groups -OCH3 is 4. The highest BCUT2D eigenvalue weighted by Gasteiger charge is 2.26. The third-order valence-corrected chi connectivity index (χ3v) is 3.69. The van der Waals surface area contributed by atoms with Gasteiger partial charge in [-0.2, -0.15) is 0 Å². The van der Waals surface area contributed by atoms with Gasteiger partial charge in [0.2, 0.25) is 5.75 Å². The molecule has 0 bridgehead atoms. The SMILES string of the molecule is COC(=O)c1cc(OC)c(OC)c(OC)c1-c1ccccc1CO. The van der Waals surface area contributed by atoms with Crippen molar-refractivity contribution >= 4 is 5.97 Å². The van der Waals surface area contributed by atoms with Gasteiger partial charge in [-0.25, -0.2) is 4.79 Å². The number of esters is 1.